The van der Waals surface area contributed by atoms with Gasteiger partial charge in [0.15, 0.2) is 5.69 Å². The van der Waals surface area contributed by atoms with Gasteiger partial charge in [-0.3, -0.25) is 9.48 Å². The molecule has 19 heavy (non-hydrogen) atoms. The third-order valence-electron chi connectivity index (χ3n) is 2.69. The van der Waals surface area contributed by atoms with E-state index in [0.29, 0.717) is 4.90 Å². The van der Waals surface area contributed by atoms with E-state index in [1.165, 1.54) is 10.9 Å². The zero-order valence-corrected chi connectivity index (χ0v) is 9.46. The molecule has 0 bridgehead atoms. The van der Waals surface area contributed by atoms with E-state index in [-0.39, 0.29) is 31.2 Å². The van der Waals surface area contributed by atoms with Crippen molar-refractivity contribution in [1.29, 1.82) is 0 Å². The number of amides is 1. The van der Waals surface area contributed by atoms with Gasteiger partial charge in [0.1, 0.15) is 0 Å². The second-order valence-corrected chi connectivity index (χ2v) is 4.20. The molecule has 0 spiro atoms. The molecule has 0 saturated carbocycles. The topological polar surface area (TPSA) is 88.3 Å². The maximum absolute atomic E-state index is 12.1. The normalized spacial score (nSPS) is 16.3. The Hall–Kier alpha value is -2.13. The minimum Gasteiger partial charge on any atom is -0.476 e. The number of carbonyl (C=O) groups is 2. The Kier molecular flexibility index (Phi) is 3.16. The lowest BCUT2D eigenvalue weighted by Crippen LogP contribution is -2.55. The molecule has 1 aromatic heterocycles. The first-order valence-electron chi connectivity index (χ1n) is 5.27. The first-order chi connectivity index (χ1) is 8.77. The van der Waals surface area contributed by atoms with Gasteiger partial charge in [-0.05, 0) is 0 Å². The van der Waals surface area contributed by atoms with Crippen LogP contribution in [0.4, 0.5) is 13.2 Å². The van der Waals surface area contributed by atoms with E-state index in [1.54, 1.807) is 0 Å². The molecular formula is C9H9F3N4O3. The van der Waals surface area contributed by atoms with Crippen molar-refractivity contribution in [3.05, 3.63) is 11.9 Å². The number of alkyl halides is 3. The number of carboxylic acids is 1. The van der Waals surface area contributed by atoms with Crippen molar-refractivity contribution in [3.8, 4) is 0 Å². The van der Waals surface area contributed by atoms with Crippen LogP contribution in [0.25, 0.3) is 0 Å². The average molecular weight is 278 g/mol. The Bertz CT molecular complexity index is 507. The van der Waals surface area contributed by atoms with E-state index in [0.717, 1.165) is 0 Å². The van der Waals surface area contributed by atoms with Gasteiger partial charge < -0.3 is 10.0 Å². The second kappa shape index (κ2) is 4.52. The van der Waals surface area contributed by atoms with Crippen molar-refractivity contribution in [2.45, 2.75) is 12.7 Å². The molecule has 2 rings (SSSR count). The maximum Gasteiger partial charge on any atom is 0.471 e. The summed E-state index contributed by atoms with van der Waals surface area (Å²) in [4.78, 5) is 22.1. The summed E-state index contributed by atoms with van der Waals surface area (Å²) in [5, 5.41) is 15.5. The standard InChI is InChI=1S/C9H9F3N4O3/c10-9(11,12)8(19)15-1-5(2-15)3-16-4-6(7(17)18)13-14-16/h4-5H,1-3H2,(H,17,18). The zero-order valence-electron chi connectivity index (χ0n) is 9.46. The molecular weight excluding hydrogens is 269 g/mol. The van der Waals surface area contributed by atoms with Crippen LogP contribution in [0, 0.1) is 5.92 Å². The SMILES string of the molecule is O=C(O)c1cn(CC2CN(C(=O)C(F)(F)F)C2)nn1. The fourth-order valence-corrected chi connectivity index (χ4v) is 1.78. The Morgan fingerprint density at radius 2 is 2.05 bits per heavy atom. The lowest BCUT2D eigenvalue weighted by Gasteiger charge is -2.39. The van der Waals surface area contributed by atoms with Crippen molar-refractivity contribution in [2.75, 3.05) is 13.1 Å². The van der Waals surface area contributed by atoms with Gasteiger partial charge in [-0.15, -0.1) is 5.10 Å². The third kappa shape index (κ3) is 2.83. The number of hydrogen-bond donors (Lipinski definition) is 1. The van der Waals surface area contributed by atoms with Gasteiger partial charge in [-0.2, -0.15) is 13.2 Å². The number of rotatable bonds is 3. The maximum atomic E-state index is 12.1. The lowest BCUT2D eigenvalue weighted by molar-refractivity contribution is -0.191. The summed E-state index contributed by atoms with van der Waals surface area (Å²) in [5.74, 6) is -3.27. The van der Waals surface area contributed by atoms with Crippen LogP contribution < -0.4 is 0 Å². The van der Waals surface area contributed by atoms with Gasteiger partial charge in [-0.25, -0.2) is 4.79 Å². The first-order valence-corrected chi connectivity index (χ1v) is 5.27. The van der Waals surface area contributed by atoms with Crippen molar-refractivity contribution < 1.29 is 27.9 Å². The molecule has 0 radical (unpaired) electrons. The number of halogens is 3. The van der Waals surface area contributed by atoms with E-state index >= 15 is 0 Å². The van der Waals surface area contributed by atoms with Crippen LogP contribution in [0.2, 0.25) is 0 Å². The predicted octanol–water partition coefficient (Wildman–Crippen LogP) is -0.00300. The van der Waals surface area contributed by atoms with E-state index in [4.69, 9.17) is 5.11 Å². The van der Waals surface area contributed by atoms with E-state index in [1.807, 2.05) is 0 Å². The molecule has 0 aliphatic carbocycles. The van der Waals surface area contributed by atoms with E-state index in [2.05, 4.69) is 10.3 Å². The molecule has 1 aromatic rings. The fourth-order valence-electron chi connectivity index (χ4n) is 1.78. The lowest BCUT2D eigenvalue weighted by atomic mass is 10.0. The smallest absolute Gasteiger partial charge is 0.471 e. The first kappa shape index (κ1) is 13.3. The van der Waals surface area contributed by atoms with Crippen LogP contribution in [0.5, 0.6) is 0 Å². The van der Waals surface area contributed by atoms with Crippen LogP contribution in [0.15, 0.2) is 6.20 Å². The van der Waals surface area contributed by atoms with Gasteiger partial charge in [-0.1, -0.05) is 5.21 Å². The molecule has 1 N–H and O–H groups in total. The fraction of sp³-hybridized carbons (Fsp3) is 0.556. The van der Waals surface area contributed by atoms with Gasteiger partial charge in [0.25, 0.3) is 0 Å². The monoisotopic (exact) mass is 278 g/mol. The molecule has 2 heterocycles. The largest absolute Gasteiger partial charge is 0.476 e. The zero-order chi connectivity index (χ0) is 14.2. The molecule has 7 nitrogen and oxygen atoms in total. The van der Waals surface area contributed by atoms with E-state index < -0.39 is 18.1 Å². The number of carboxylic acid groups (broad SMARTS) is 1. The molecule has 1 aliphatic rings. The molecule has 1 aliphatic heterocycles. The summed E-state index contributed by atoms with van der Waals surface area (Å²) < 4.78 is 37.5. The summed E-state index contributed by atoms with van der Waals surface area (Å²) in [6, 6.07) is 0. The van der Waals surface area contributed by atoms with E-state index in [9.17, 15) is 22.8 Å². The molecule has 0 unspecified atom stereocenters. The molecule has 1 fully saturated rings. The number of carbonyl (C=O) groups excluding carboxylic acids is 1. The average Bonchev–Trinajstić information content (AvgIpc) is 2.69. The second-order valence-electron chi connectivity index (χ2n) is 4.20. The minimum absolute atomic E-state index is 0.0272. The Morgan fingerprint density at radius 3 is 2.53 bits per heavy atom. The summed E-state index contributed by atoms with van der Waals surface area (Å²) in [6.45, 7) is 0.170. The number of aromatic nitrogens is 3. The molecule has 104 valence electrons. The Morgan fingerprint density at radius 1 is 1.42 bits per heavy atom. The quantitative estimate of drug-likeness (QED) is 0.840. The number of aromatic carboxylic acids is 1. The van der Waals surface area contributed by atoms with Gasteiger partial charge >= 0.3 is 18.1 Å². The van der Waals surface area contributed by atoms with Gasteiger partial charge in [0.2, 0.25) is 0 Å². The molecule has 0 aromatic carbocycles. The summed E-state index contributed by atoms with van der Waals surface area (Å²) in [5.41, 5.74) is -0.234. The van der Waals surface area contributed by atoms with Crippen LogP contribution >= 0.6 is 0 Å². The molecule has 0 atom stereocenters. The summed E-state index contributed by atoms with van der Waals surface area (Å²) in [7, 11) is 0. The van der Waals surface area contributed by atoms with Gasteiger partial charge in [0, 0.05) is 25.6 Å². The van der Waals surface area contributed by atoms with Crippen LogP contribution in [-0.2, 0) is 11.3 Å². The molecule has 10 heteroatoms. The van der Waals surface area contributed by atoms with Crippen molar-refractivity contribution >= 4 is 11.9 Å². The van der Waals surface area contributed by atoms with Crippen molar-refractivity contribution in [2.24, 2.45) is 5.92 Å². The number of likely N-dealkylation sites (tertiary alicyclic amines) is 1. The summed E-state index contributed by atoms with van der Waals surface area (Å²) >= 11 is 0. The Labute approximate surface area is 104 Å². The highest BCUT2D eigenvalue weighted by Gasteiger charge is 2.46. The van der Waals surface area contributed by atoms with Crippen molar-refractivity contribution in [3.63, 3.8) is 0 Å². The highest BCUT2D eigenvalue weighted by atomic mass is 19.4. The van der Waals surface area contributed by atoms with Gasteiger partial charge in [0.05, 0.1) is 6.20 Å². The molecule has 1 amide bonds. The minimum atomic E-state index is -4.85. The third-order valence-corrected chi connectivity index (χ3v) is 2.69. The number of hydrogen-bond acceptors (Lipinski definition) is 4. The predicted molar refractivity (Wildman–Crippen MR) is 53.1 cm³/mol. The van der Waals surface area contributed by atoms with Crippen molar-refractivity contribution in [1.82, 2.24) is 19.9 Å². The van der Waals surface area contributed by atoms with Crippen LogP contribution in [0.1, 0.15) is 10.5 Å². The number of nitrogens with zero attached hydrogens (tertiary/aromatic N) is 4. The van der Waals surface area contributed by atoms with Crippen LogP contribution in [0.3, 0.4) is 0 Å². The Balaban J connectivity index is 1.85. The highest BCUT2D eigenvalue weighted by Crippen LogP contribution is 2.25. The summed E-state index contributed by atoms with van der Waals surface area (Å²) in [6.07, 6.45) is -3.66. The highest BCUT2D eigenvalue weighted by molar-refractivity contribution is 5.84. The van der Waals surface area contributed by atoms with Crippen LogP contribution in [-0.4, -0.2) is 56.1 Å². The molecule has 1 saturated heterocycles.